The number of anilines is 2. The Labute approximate surface area is 228 Å². The Hall–Kier alpha value is -2.88. The third-order valence-electron chi connectivity index (χ3n) is 7.07. The van der Waals surface area contributed by atoms with Crippen LogP contribution in [0.4, 0.5) is 16.2 Å². The minimum Gasteiger partial charge on any atom is -0.493 e. The zero-order valence-electron chi connectivity index (χ0n) is 22.4. The molecule has 2 aromatic carbocycles. The quantitative estimate of drug-likeness (QED) is 0.330. The molecule has 0 spiro atoms. The van der Waals surface area contributed by atoms with Gasteiger partial charge in [0.1, 0.15) is 12.5 Å². The highest BCUT2D eigenvalue weighted by atomic mass is 32.2. The molecule has 1 aromatic heterocycles. The van der Waals surface area contributed by atoms with E-state index in [-0.39, 0.29) is 12.2 Å². The van der Waals surface area contributed by atoms with Gasteiger partial charge in [-0.05, 0) is 57.4 Å². The van der Waals surface area contributed by atoms with Crippen molar-refractivity contribution in [3.05, 3.63) is 42.5 Å². The number of amides is 1. The number of nitrogens with two attached hydrogens (primary N) is 1. The first-order valence-electron chi connectivity index (χ1n) is 13.3. The number of benzene rings is 2. The van der Waals surface area contributed by atoms with Crippen molar-refractivity contribution in [1.29, 1.82) is 0 Å². The fraction of sp³-hybridized carbons (Fsp3) is 0.483. The van der Waals surface area contributed by atoms with Crippen molar-refractivity contribution in [3.63, 3.8) is 0 Å². The number of fused-ring (bicyclic) bond motifs is 1. The lowest BCUT2D eigenvalue weighted by molar-refractivity contribution is -0.0925. The smallest absolute Gasteiger partial charge is 0.414 e. The summed E-state index contributed by atoms with van der Waals surface area (Å²) < 4.78 is 24.6. The van der Waals surface area contributed by atoms with Gasteiger partial charge in [0.25, 0.3) is 0 Å². The summed E-state index contributed by atoms with van der Waals surface area (Å²) in [6.45, 7) is 6.16. The number of ether oxygens (including phenoxy) is 4. The van der Waals surface area contributed by atoms with Gasteiger partial charge in [0.2, 0.25) is 0 Å². The predicted molar refractivity (Wildman–Crippen MR) is 153 cm³/mol. The molecule has 9 heteroatoms. The Kier molecular flexibility index (Phi) is 8.35. The number of hydrogen-bond acceptors (Lipinski definition) is 7. The molecule has 2 heterocycles. The van der Waals surface area contributed by atoms with E-state index in [0.29, 0.717) is 24.7 Å². The van der Waals surface area contributed by atoms with Crippen LogP contribution in [0.3, 0.4) is 0 Å². The molecule has 0 radical (unpaired) electrons. The summed E-state index contributed by atoms with van der Waals surface area (Å²) in [6, 6.07) is 14.5. The fourth-order valence-corrected chi connectivity index (χ4v) is 5.79. The van der Waals surface area contributed by atoms with Crippen LogP contribution in [-0.4, -0.2) is 61.4 Å². The van der Waals surface area contributed by atoms with Gasteiger partial charge in [-0.3, -0.25) is 4.90 Å². The minimum absolute atomic E-state index is 0.170. The van der Waals surface area contributed by atoms with Crippen LogP contribution < -0.4 is 15.4 Å². The van der Waals surface area contributed by atoms with Crippen molar-refractivity contribution in [2.45, 2.75) is 50.5 Å². The fourth-order valence-electron chi connectivity index (χ4n) is 4.89. The lowest BCUT2D eigenvalue weighted by atomic mass is 9.92. The average Bonchev–Trinajstić information content (AvgIpc) is 3.16. The SMILES string of the molecule is CC(C)OC(=O)N(C)c1ccc(-c2c(N)c3ccc(OCCSC4COCOC4)cc3n2C2CCC2)cc1. The van der Waals surface area contributed by atoms with Crippen LogP contribution >= 0.6 is 11.8 Å². The highest BCUT2D eigenvalue weighted by Gasteiger charge is 2.27. The molecule has 8 nitrogen and oxygen atoms in total. The minimum atomic E-state index is -0.373. The number of carbonyl (C=O) groups excluding carboxylic acids is 1. The van der Waals surface area contributed by atoms with Crippen molar-refractivity contribution < 1.29 is 23.7 Å². The summed E-state index contributed by atoms with van der Waals surface area (Å²) in [5, 5.41) is 1.40. The summed E-state index contributed by atoms with van der Waals surface area (Å²) in [5.74, 6) is 1.72. The second-order valence-corrected chi connectivity index (χ2v) is 11.5. The number of carbonyl (C=O) groups is 1. The Morgan fingerprint density at radius 2 is 1.89 bits per heavy atom. The summed E-state index contributed by atoms with van der Waals surface area (Å²) in [4.78, 5) is 13.9. The van der Waals surface area contributed by atoms with E-state index in [9.17, 15) is 4.79 Å². The second kappa shape index (κ2) is 11.9. The Balaban J connectivity index is 1.37. The van der Waals surface area contributed by atoms with Gasteiger partial charge < -0.3 is 29.2 Å². The van der Waals surface area contributed by atoms with Gasteiger partial charge in [0.15, 0.2) is 0 Å². The van der Waals surface area contributed by atoms with E-state index in [1.54, 1.807) is 7.05 Å². The monoisotopic (exact) mass is 539 g/mol. The van der Waals surface area contributed by atoms with E-state index in [0.717, 1.165) is 71.1 Å². The maximum atomic E-state index is 12.3. The summed E-state index contributed by atoms with van der Waals surface area (Å²) in [6.07, 6.45) is 2.93. The van der Waals surface area contributed by atoms with E-state index >= 15 is 0 Å². The van der Waals surface area contributed by atoms with Crippen molar-refractivity contribution in [2.75, 3.05) is 50.0 Å². The van der Waals surface area contributed by atoms with E-state index in [1.165, 1.54) is 11.3 Å². The lowest BCUT2D eigenvalue weighted by Gasteiger charge is -2.30. The van der Waals surface area contributed by atoms with Crippen molar-refractivity contribution in [2.24, 2.45) is 0 Å². The molecule has 0 bridgehead atoms. The first-order chi connectivity index (χ1) is 18.4. The number of aromatic nitrogens is 1. The van der Waals surface area contributed by atoms with E-state index in [2.05, 4.69) is 16.7 Å². The standard InChI is InChI=1S/C29H37N3O5S/c1-19(2)37-29(33)31(3)21-9-7-20(8-10-21)28-27(30)25-12-11-23(15-26(25)32(28)22-5-4-6-22)36-13-14-38-24-16-34-18-35-17-24/h7-12,15,19,22,24H,4-6,13-14,16-18,30H2,1-3H3. The Morgan fingerprint density at radius 3 is 2.55 bits per heavy atom. The van der Waals surface area contributed by atoms with Crippen LogP contribution in [0.25, 0.3) is 22.2 Å². The predicted octanol–water partition coefficient (Wildman–Crippen LogP) is 6.08. The molecule has 0 atom stereocenters. The molecule has 2 N–H and O–H groups in total. The third kappa shape index (κ3) is 5.75. The van der Waals surface area contributed by atoms with Gasteiger partial charge in [0.05, 0.1) is 48.1 Å². The number of nitrogen functional groups attached to an aromatic ring is 1. The van der Waals surface area contributed by atoms with E-state index in [1.807, 2.05) is 55.9 Å². The molecular weight excluding hydrogens is 502 g/mol. The van der Waals surface area contributed by atoms with Crippen LogP contribution in [-0.2, 0) is 14.2 Å². The molecule has 204 valence electrons. The van der Waals surface area contributed by atoms with Crippen LogP contribution in [0, 0.1) is 0 Å². The van der Waals surface area contributed by atoms with E-state index in [4.69, 9.17) is 24.7 Å². The molecule has 2 aliphatic rings. The Morgan fingerprint density at radius 1 is 1.16 bits per heavy atom. The van der Waals surface area contributed by atoms with Crippen LogP contribution in [0.1, 0.15) is 39.2 Å². The summed E-state index contributed by atoms with van der Waals surface area (Å²) >= 11 is 1.82. The van der Waals surface area contributed by atoms with Crippen LogP contribution in [0.5, 0.6) is 5.75 Å². The molecule has 0 unspecified atom stereocenters. The van der Waals surface area contributed by atoms with Crippen molar-refractivity contribution >= 4 is 40.1 Å². The summed E-state index contributed by atoms with van der Waals surface area (Å²) in [7, 11) is 1.72. The van der Waals surface area contributed by atoms with Gasteiger partial charge >= 0.3 is 6.09 Å². The molecule has 1 aliphatic heterocycles. The number of thioether (sulfide) groups is 1. The second-order valence-electron chi connectivity index (χ2n) is 10.1. The molecule has 2 fully saturated rings. The maximum absolute atomic E-state index is 12.3. The first kappa shape index (κ1) is 26.7. The van der Waals surface area contributed by atoms with E-state index < -0.39 is 0 Å². The highest BCUT2D eigenvalue weighted by Crippen LogP contribution is 2.45. The topological polar surface area (TPSA) is 88.2 Å². The average molecular weight is 540 g/mol. The van der Waals surface area contributed by atoms with Crippen LogP contribution in [0.15, 0.2) is 42.5 Å². The zero-order chi connectivity index (χ0) is 26.6. The number of nitrogens with zero attached hydrogens (tertiary/aromatic N) is 2. The maximum Gasteiger partial charge on any atom is 0.414 e. The molecule has 1 amide bonds. The van der Waals surface area contributed by atoms with Gasteiger partial charge in [0, 0.05) is 41.5 Å². The zero-order valence-corrected chi connectivity index (χ0v) is 23.2. The molecular formula is C29H37N3O5S. The Bertz CT molecular complexity index is 1250. The van der Waals surface area contributed by atoms with Gasteiger partial charge in [-0.25, -0.2) is 4.79 Å². The largest absolute Gasteiger partial charge is 0.493 e. The highest BCUT2D eigenvalue weighted by molar-refractivity contribution is 7.99. The normalized spacial score (nSPS) is 16.5. The third-order valence-corrected chi connectivity index (χ3v) is 8.22. The molecule has 1 saturated heterocycles. The molecule has 1 saturated carbocycles. The van der Waals surface area contributed by atoms with Crippen LogP contribution in [0.2, 0.25) is 0 Å². The molecule has 38 heavy (non-hydrogen) atoms. The molecule has 1 aliphatic carbocycles. The van der Waals surface area contributed by atoms with Gasteiger partial charge in [-0.15, -0.1) is 0 Å². The van der Waals surface area contributed by atoms with Crippen molar-refractivity contribution in [1.82, 2.24) is 4.57 Å². The molecule has 5 rings (SSSR count). The molecule has 3 aromatic rings. The first-order valence-corrected chi connectivity index (χ1v) is 14.4. The number of rotatable bonds is 9. The lowest BCUT2D eigenvalue weighted by Crippen LogP contribution is -2.29. The summed E-state index contributed by atoms with van der Waals surface area (Å²) in [5.41, 5.74) is 11.5. The van der Waals surface area contributed by atoms with Gasteiger partial charge in [-0.1, -0.05) is 12.1 Å². The van der Waals surface area contributed by atoms with Crippen molar-refractivity contribution in [3.8, 4) is 17.0 Å². The number of hydrogen-bond donors (Lipinski definition) is 1. The van der Waals surface area contributed by atoms with Gasteiger partial charge in [-0.2, -0.15) is 11.8 Å².